The maximum absolute atomic E-state index is 13.1. The molecular weight excluding hydrogens is 304 g/mol. The third-order valence-electron chi connectivity index (χ3n) is 3.87. The summed E-state index contributed by atoms with van der Waals surface area (Å²) in [6, 6.07) is 18.6. The van der Waals surface area contributed by atoms with Gasteiger partial charge < -0.3 is 9.42 Å². The van der Waals surface area contributed by atoms with Crippen molar-refractivity contribution in [2.45, 2.75) is 6.92 Å². The van der Waals surface area contributed by atoms with Crippen molar-refractivity contribution < 1.29 is 9.32 Å². The van der Waals surface area contributed by atoms with Gasteiger partial charge in [0, 0.05) is 24.8 Å². The Labute approximate surface area is 139 Å². The summed E-state index contributed by atoms with van der Waals surface area (Å²) in [7, 11) is 1.62. The van der Waals surface area contributed by atoms with Gasteiger partial charge in [0.2, 0.25) is 0 Å². The average Bonchev–Trinajstić information content (AvgIpc) is 2.91. The predicted octanol–water partition coefficient (Wildman–Crippen LogP) is 3.31. The molecule has 0 fully saturated rings. The third kappa shape index (κ3) is 2.76. The van der Waals surface area contributed by atoms with Crippen LogP contribution in [-0.4, -0.2) is 17.2 Å². The summed E-state index contributed by atoms with van der Waals surface area (Å²) >= 11 is 0. The molecule has 0 N–H and O–H groups in total. The van der Waals surface area contributed by atoms with Crippen molar-refractivity contribution in [3.8, 4) is 11.3 Å². The molecule has 0 radical (unpaired) electrons. The fourth-order valence-corrected chi connectivity index (χ4v) is 2.77. The Morgan fingerprint density at radius 2 is 1.62 bits per heavy atom. The Kier molecular flexibility index (Phi) is 4.33. The molecule has 0 saturated heterocycles. The highest BCUT2D eigenvalue weighted by Crippen LogP contribution is 2.24. The lowest BCUT2D eigenvalue weighted by molar-refractivity contribution is 0.0986. The fraction of sp³-hybridized carbons (Fsp3) is 0.158. The van der Waals surface area contributed by atoms with Gasteiger partial charge in [-0.3, -0.25) is 4.79 Å². The van der Waals surface area contributed by atoms with E-state index in [1.54, 1.807) is 11.9 Å². The van der Waals surface area contributed by atoms with Crippen LogP contribution in [0.25, 0.3) is 11.3 Å². The number of nitrogens with zero attached hydrogens (tertiary/aromatic N) is 2. The summed E-state index contributed by atoms with van der Waals surface area (Å²) in [5, 5.41) is 0. The second-order valence-corrected chi connectivity index (χ2v) is 5.35. The van der Waals surface area contributed by atoms with Crippen LogP contribution in [0.2, 0.25) is 0 Å². The van der Waals surface area contributed by atoms with Crippen molar-refractivity contribution in [1.82, 2.24) is 4.74 Å². The van der Waals surface area contributed by atoms with E-state index in [-0.39, 0.29) is 11.5 Å². The van der Waals surface area contributed by atoms with E-state index < -0.39 is 5.63 Å². The van der Waals surface area contributed by atoms with Gasteiger partial charge in [-0.2, -0.15) is 0 Å². The molecule has 5 heteroatoms. The van der Waals surface area contributed by atoms with Crippen LogP contribution >= 0.6 is 0 Å². The first-order valence-electron chi connectivity index (χ1n) is 7.76. The number of hydrogen-bond acceptors (Lipinski definition) is 3. The summed E-state index contributed by atoms with van der Waals surface area (Å²) in [5.74, 6) is -0.364. The van der Waals surface area contributed by atoms with E-state index in [0.29, 0.717) is 12.2 Å². The lowest BCUT2D eigenvalue weighted by Gasteiger charge is -2.20. The van der Waals surface area contributed by atoms with Crippen LogP contribution in [0.15, 0.2) is 70.0 Å². The Balaban J connectivity index is 2.13. The molecule has 3 rings (SSSR count). The number of aryl methyl sites for hydroxylation is 1. The summed E-state index contributed by atoms with van der Waals surface area (Å²) in [5.41, 5.74) is 1.41. The average molecular weight is 322 g/mol. The smallest absolute Gasteiger partial charge is 0.335 e. The Morgan fingerprint density at radius 3 is 2.21 bits per heavy atom. The molecule has 24 heavy (non-hydrogen) atoms. The zero-order chi connectivity index (χ0) is 17.1. The molecule has 5 nitrogen and oxygen atoms in total. The molecule has 122 valence electrons. The van der Waals surface area contributed by atoms with Gasteiger partial charge in [0.05, 0.1) is 0 Å². The molecule has 0 aliphatic carbocycles. The van der Waals surface area contributed by atoms with Crippen LogP contribution in [0.5, 0.6) is 0 Å². The lowest BCUT2D eigenvalue weighted by atomic mass is 10.1. The molecule has 0 atom stereocenters. The van der Waals surface area contributed by atoms with Crippen LogP contribution in [0, 0.1) is 0 Å². The molecular formula is C19H18N2O3. The van der Waals surface area contributed by atoms with Crippen LogP contribution in [0.3, 0.4) is 0 Å². The summed E-state index contributed by atoms with van der Waals surface area (Å²) in [6.45, 7) is 2.32. The number of rotatable bonds is 4. The van der Waals surface area contributed by atoms with Crippen molar-refractivity contribution in [2.24, 2.45) is 7.05 Å². The third-order valence-corrected chi connectivity index (χ3v) is 3.87. The molecule has 1 aromatic heterocycles. The molecule has 0 spiro atoms. The molecule has 0 bridgehead atoms. The van der Waals surface area contributed by atoms with Crippen LogP contribution in [0.4, 0.5) is 5.69 Å². The molecule has 1 heterocycles. The highest BCUT2D eigenvalue weighted by atomic mass is 16.5. The van der Waals surface area contributed by atoms with Gasteiger partial charge in [0.15, 0.2) is 5.56 Å². The maximum atomic E-state index is 13.1. The van der Waals surface area contributed by atoms with E-state index in [1.165, 1.54) is 4.74 Å². The van der Waals surface area contributed by atoms with Crippen LogP contribution in [0.1, 0.15) is 17.3 Å². The second kappa shape index (κ2) is 6.58. The highest BCUT2D eigenvalue weighted by Gasteiger charge is 2.27. The molecule has 1 amide bonds. The van der Waals surface area contributed by atoms with Crippen molar-refractivity contribution in [2.75, 3.05) is 11.4 Å². The van der Waals surface area contributed by atoms with Gasteiger partial charge in [0.1, 0.15) is 5.69 Å². The largest absolute Gasteiger partial charge is 0.370 e. The standard InChI is InChI=1S/C19H18N2O3/c1-3-21(15-12-8-5-9-13-15)18(22)16-17(20(2)24-19(16)23)14-10-6-4-7-11-14/h4-13H,3H2,1-2H3. The van der Waals surface area contributed by atoms with Gasteiger partial charge in [-0.1, -0.05) is 48.5 Å². The zero-order valence-electron chi connectivity index (χ0n) is 13.6. The first-order chi connectivity index (χ1) is 11.6. The maximum Gasteiger partial charge on any atom is 0.370 e. The van der Waals surface area contributed by atoms with Gasteiger partial charge in [-0.25, -0.2) is 9.53 Å². The van der Waals surface area contributed by atoms with E-state index in [2.05, 4.69) is 0 Å². The van der Waals surface area contributed by atoms with Crippen molar-refractivity contribution in [1.29, 1.82) is 0 Å². The number of para-hydroxylation sites is 1. The van der Waals surface area contributed by atoms with E-state index in [9.17, 15) is 9.59 Å². The number of carbonyl (C=O) groups is 1. The van der Waals surface area contributed by atoms with E-state index >= 15 is 0 Å². The predicted molar refractivity (Wildman–Crippen MR) is 93.2 cm³/mol. The number of anilines is 1. The van der Waals surface area contributed by atoms with Gasteiger partial charge >= 0.3 is 5.63 Å². The first-order valence-corrected chi connectivity index (χ1v) is 7.76. The molecule has 2 aromatic carbocycles. The van der Waals surface area contributed by atoms with Crippen molar-refractivity contribution in [3.63, 3.8) is 0 Å². The van der Waals surface area contributed by atoms with Crippen LogP contribution < -0.4 is 10.5 Å². The fourth-order valence-electron chi connectivity index (χ4n) is 2.77. The molecule has 0 unspecified atom stereocenters. The molecule has 3 aromatic rings. The zero-order valence-corrected chi connectivity index (χ0v) is 13.6. The number of benzene rings is 2. The van der Waals surface area contributed by atoms with Gasteiger partial charge in [0.25, 0.3) is 5.91 Å². The van der Waals surface area contributed by atoms with E-state index in [4.69, 9.17) is 4.52 Å². The summed E-state index contributed by atoms with van der Waals surface area (Å²) in [6.07, 6.45) is 0. The van der Waals surface area contributed by atoms with Gasteiger partial charge in [-0.15, -0.1) is 0 Å². The molecule has 0 saturated carbocycles. The number of aromatic nitrogens is 1. The topological polar surface area (TPSA) is 55.5 Å². The Hall–Kier alpha value is -3.08. The minimum absolute atomic E-state index is 0.0504. The van der Waals surface area contributed by atoms with Crippen molar-refractivity contribution in [3.05, 3.63) is 76.6 Å². The van der Waals surface area contributed by atoms with E-state index in [1.807, 2.05) is 67.6 Å². The number of amides is 1. The summed E-state index contributed by atoms with van der Waals surface area (Å²) in [4.78, 5) is 26.9. The quantitative estimate of drug-likeness (QED) is 0.740. The number of hydrogen-bond donors (Lipinski definition) is 0. The minimum Gasteiger partial charge on any atom is -0.335 e. The minimum atomic E-state index is -0.629. The van der Waals surface area contributed by atoms with Crippen LogP contribution in [-0.2, 0) is 7.05 Å². The highest BCUT2D eigenvalue weighted by molar-refractivity contribution is 6.09. The SMILES string of the molecule is CCN(C(=O)c1c(-c2ccccc2)n(C)oc1=O)c1ccccc1. The normalized spacial score (nSPS) is 10.6. The monoisotopic (exact) mass is 322 g/mol. The molecule has 0 aliphatic heterocycles. The lowest BCUT2D eigenvalue weighted by Crippen LogP contribution is -2.33. The number of carbonyl (C=O) groups excluding carboxylic acids is 1. The second-order valence-electron chi connectivity index (χ2n) is 5.35. The van der Waals surface area contributed by atoms with E-state index in [0.717, 1.165) is 11.3 Å². The summed E-state index contributed by atoms with van der Waals surface area (Å²) < 4.78 is 6.52. The van der Waals surface area contributed by atoms with Crippen molar-refractivity contribution >= 4 is 11.6 Å². The Bertz CT molecular complexity index is 895. The first kappa shape index (κ1) is 15.8. The van der Waals surface area contributed by atoms with Gasteiger partial charge in [-0.05, 0) is 19.1 Å². The Morgan fingerprint density at radius 1 is 1.04 bits per heavy atom. The molecule has 0 aliphatic rings.